The zero-order valence-electron chi connectivity index (χ0n) is 10.0. The minimum Gasteiger partial charge on any atom is -0.391 e. The maximum atomic E-state index is 9.93. The first-order valence-corrected chi connectivity index (χ1v) is 5.69. The summed E-state index contributed by atoms with van der Waals surface area (Å²) >= 11 is 0. The van der Waals surface area contributed by atoms with E-state index in [-0.39, 0.29) is 12.0 Å². The van der Waals surface area contributed by atoms with E-state index >= 15 is 0 Å². The van der Waals surface area contributed by atoms with Gasteiger partial charge < -0.3 is 9.67 Å². The molecule has 0 spiro atoms. The van der Waals surface area contributed by atoms with Gasteiger partial charge in [0.1, 0.15) is 5.82 Å². The number of aryl methyl sites for hydroxylation is 1. The highest BCUT2D eigenvalue weighted by Gasteiger charge is 2.13. The van der Waals surface area contributed by atoms with Crippen LogP contribution in [0, 0.1) is 12.8 Å². The maximum Gasteiger partial charge on any atom is 0.106 e. The second-order valence-electron chi connectivity index (χ2n) is 4.57. The topological polar surface area (TPSA) is 38.0 Å². The summed E-state index contributed by atoms with van der Waals surface area (Å²) in [5, 5.41) is 9.93. The molecule has 1 heterocycles. The Bertz CT molecular complexity index is 488. The van der Waals surface area contributed by atoms with Crippen molar-refractivity contribution >= 4 is 11.0 Å². The van der Waals surface area contributed by atoms with Crippen molar-refractivity contribution in [1.29, 1.82) is 0 Å². The van der Waals surface area contributed by atoms with Crippen LogP contribution in [0.15, 0.2) is 24.3 Å². The third-order valence-electron chi connectivity index (χ3n) is 2.98. The van der Waals surface area contributed by atoms with E-state index in [1.54, 1.807) is 0 Å². The minimum absolute atomic E-state index is 0.264. The number of aliphatic hydroxyl groups is 1. The first-order valence-electron chi connectivity index (χ1n) is 5.69. The van der Waals surface area contributed by atoms with E-state index in [4.69, 9.17) is 0 Å². The number of hydrogen-bond donors (Lipinski definition) is 1. The van der Waals surface area contributed by atoms with Gasteiger partial charge in [0.05, 0.1) is 23.7 Å². The van der Waals surface area contributed by atoms with Crippen molar-refractivity contribution in [3.05, 3.63) is 30.1 Å². The Labute approximate surface area is 95.7 Å². The van der Waals surface area contributed by atoms with Gasteiger partial charge in [0.15, 0.2) is 0 Å². The molecule has 0 saturated heterocycles. The molecule has 1 atom stereocenters. The SMILES string of the molecule is Cc1nc2ccccc2n1CC(O)C(C)C. The van der Waals surface area contributed by atoms with Crippen LogP contribution in [-0.4, -0.2) is 20.8 Å². The molecule has 1 aromatic carbocycles. The number of rotatable bonds is 3. The molecule has 86 valence electrons. The van der Waals surface area contributed by atoms with E-state index in [1.165, 1.54) is 0 Å². The fourth-order valence-corrected chi connectivity index (χ4v) is 1.82. The third kappa shape index (κ3) is 1.95. The molecule has 1 aromatic heterocycles. The van der Waals surface area contributed by atoms with Crippen LogP contribution in [-0.2, 0) is 6.54 Å². The molecule has 3 heteroatoms. The number of hydrogen-bond acceptors (Lipinski definition) is 2. The van der Waals surface area contributed by atoms with Crippen molar-refractivity contribution < 1.29 is 5.11 Å². The van der Waals surface area contributed by atoms with Crippen molar-refractivity contribution in [2.45, 2.75) is 33.4 Å². The van der Waals surface area contributed by atoms with Gasteiger partial charge in [0, 0.05) is 0 Å². The van der Waals surface area contributed by atoms with E-state index in [2.05, 4.69) is 9.55 Å². The van der Waals surface area contributed by atoms with Gasteiger partial charge in [0.2, 0.25) is 0 Å². The molecule has 0 radical (unpaired) electrons. The molecule has 2 aromatic rings. The van der Waals surface area contributed by atoms with Crippen molar-refractivity contribution in [1.82, 2.24) is 9.55 Å². The summed E-state index contributed by atoms with van der Waals surface area (Å²) in [5.41, 5.74) is 2.09. The molecule has 0 aliphatic rings. The second-order valence-corrected chi connectivity index (χ2v) is 4.57. The first-order chi connectivity index (χ1) is 7.59. The predicted octanol–water partition coefficient (Wildman–Crippen LogP) is 2.36. The van der Waals surface area contributed by atoms with Crippen LogP contribution in [0.4, 0.5) is 0 Å². The van der Waals surface area contributed by atoms with E-state index in [1.807, 2.05) is 45.0 Å². The lowest BCUT2D eigenvalue weighted by molar-refractivity contribution is 0.107. The normalized spacial score (nSPS) is 13.6. The maximum absolute atomic E-state index is 9.93. The molecule has 0 amide bonds. The molecule has 0 bridgehead atoms. The largest absolute Gasteiger partial charge is 0.391 e. The molecule has 0 aliphatic carbocycles. The molecule has 0 saturated carbocycles. The summed E-state index contributed by atoms with van der Waals surface area (Å²) in [6, 6.07) is 8.03. The molecule has 0 aliphatic heterocycles. The Morgan fingerprint density at radius 1 is 1.31 bits per heavy atom. The van der Waals surface area contributed by atoms with Gasteiger partial charge in [-0.15, -0.1) is 0 Å². The lowest BCUT2D eigenvalue weighted by atomic mass is 10.1. The second kappa shape index (κ2) is 4.26. The van der Waals surface area contributed by atoms with Crippen molar-refractivity contribution in [3.8, 4) is 0 Å². The number of fused-ring (bicyclic) bond motifs is 1. The Balaban J connectivity index is 2.40. The smallest absolute Gasteiger partial charge is 0.106 e. The Morgan fingerprint density at radius 2 is 2.00 bits per heavy atom. The fraction of sp³-hybridized carbons (Fsp3) is 0.462. The van der Waals surface area contributed by atoms with Crippen LogP contribution in [0.25, 0.3) is 11.0 Å². The zero-order valence-corrected chi connectivity index (χ0v) is 10.0. The average Bonchev–Trinajstić information content (AvgIpc) is 2.55. The van der Waals surface area contributed by atoms with Crippen LogP contribution in [0.1, 0.15) is 19.7 Å². The van der Waals surface area contributed by atoms with Crippen LogP contribution in [0.3, 0.4) is 0 Å². The van der Waals surface area contributed by atoms with Gasteiger partial charge in [-0.2, -0.15) is 0 Å². The highest BCUT2D eigenvalue weighted by Crippen LogP contribution is 2.17. The van der Waals surface area contributed by atoms with Gasteiger partial charge in [-0.05, 0) is 25.0 Å². The summed E-state index contributed by atoms with van der Waals surface area (Å²) < 4.78 is 2.08. The molecule has 2 rings (SSSR count). The van der Waals surface area contributed by atoms with Gasteiger partial charge in [-0.1, -0.05) is 26.0 Å². The predicted molar refractivity (Wildman–Crippen MR) is 65.3 cm³/mol. The molecule has 0 fully saturated rings. The molecular formula is C13H18N2O. The number of nitrogens with zero attached hydrogens (tertiary/aromatic N) is 2. The monoisotopic (exact) mass is 218 g/mol. The number of para-hydroxylation sites is 2. The standard InChI is InChI=1S/C13H18N2O/c1-9(2)13(16)8-15-10(3)14-11-6-4-5-7-12(11)15/h4-7,9,13,16H,8H2,1-3H3. The number of imidazole rings is 1. The third-order valence-corrected chi connectivity index (χ3v) is 2.98. The summed E-state index contributed by atoms with van der Waals surface area (Å²) in [6.07, 6.45) is -0.323. The highest BCUT2D eigenvalue weighted by atomic mass is 16.3. The van der Waals surface area contributed by atoms with Crippen molar-refractivity contribution in [2.75, 3.05) is 0 Å². The van der Waals surface area contributed by atoms with Gasteiger partial charge in [-0.3, -0.25) is 0 Å². The lowest BCUT2D eigenvalue weighted by Crippen LogP contribution is -2.22. The van der Waals surface area contributed by atoms with Crippen LogP contribution in [0.5, 0.6) is 0 Å². The molecule has 16 heavy (non-hydrogen) atoms. The van der Waals surface area contributed by atoms with Crippen molar-refractivity contribution in [2.24, 2.45) is 5.92 Å². The van der Waals surface area contributed by atoms with E-state index in [9.17, 15) is 5.11 Å². The van der Waals surface area contributed by atoms with Gasteiger partial charge in [-0.25, -0.2) is 4.98 Å². The number of aliphatic hydroxyl groups excluding tert-OH is 1. The first kappa shape index (κ1) is 11.1. The number of benzene rings is 1. The summed E-state index contributed by atoms with van der Waals surface area (Å²) in [7, 11) is 0. The van der Waals surface area contributed by atoms with Crippen molar-refractivity contribution in [3.63, 3.8) is 0 Å². The lowest BCUT2D eigenvalue weighted by Gasteiger charge is -2.16. The summed E-state index contributed by atoms with van der Waals surface area (Å²) in [6.45, 7) is 6.65. The van der Waals surface area contributed by atoms with Gasteiger partial charge in [0.25, 0.3) is 0 Å². The average molecular weight is 218 g/mol. The van der Waals surface area contributed by atoms with Crippen LogP contribution in [0.2, 0.25) is 0 Å². The molecule has 3 nitrogen and oxygen atoms in total. The van der Waals surface area contributed by atoms with Crippen LogP contribution >= 0.6 is 0 Å². The number of aromatic nitrogens is 2. The zero-order chi connectivity index (χ0) is 11.7. The molecule has 1 N–H and O–H groups in total. The molecular weight excluding hydrogens is 200 g/mol. The highest BCUT2D eigenvalue weighted by molar-refractivity contribution is 5.75. The van der Waals surface area contributed by atoms with Gasteiger partial charge >= 0.3 is 0 Å². The minimum atomic E-state index is -0.323. The van der Waals surface area contributed by atoms with E-state index in [0.29, 0.717) is 6.54 Å². The van der Waals surface area contributed by atoms with E-state index in [0.717, 1.165) is 16.9 Å². The fourth-order valence-electron chi connectivity index (χ4n) is 1.82. The van der Waals surface area contributed by atoms with E-state index < -0.39 is 0 Å². The quantitative estimate of drug-likeness (QED) is 0.858. The van der Waals surface area contributed by atoms with Crippen LogP contribution < -0.4 is 0 Å². The molecule has 1 unspecified atom stereocenters. The Kier molecular flexibility index (Phi) is 2.97. The Morgan fingerprint density at radius 3 is 2.69 bits per heavy atom. The Hall–Kier alpha value is -1.35. The summed E-state index contributed by atoms with van der Waals surface area (Å²) in [5.74, 6) is 1.22. The summed E-state index contributed by atoms with van der Waals surface area (Å²) in [4.78, 5) is 4.48.